The third-order valence-electron chi connectivity index (χ3n) is 3.14. The van der Waals surface area contributed by atoms with Crippen molar-refractivity contribution in [1.82, 2.24) is 0 Å². The van der Waals surface area contributed by atoms with Gasteiger partial charge in [0.2, 0.25) is 0 Å². The van der Waals surface area contributed by atoms with Gasteiger partial charge in [-0.15, -0.1) is 0 Å². The Labute approximate surface area is 85.8 Å². The molecule has 0 heterocycles. The summed E-state index contributed by atoms with van der Waals surface area (Å²) in [6, 6.07) is 8.74. The molecule has 1 aromatic rings. The summed E-state index contributed by atoms with van der Waals surface area (Å²) >= 11 is 0. The lowest BCUT2D eigenvalue weighted by Crippen LogP contribution is -2.21. The molecule has 1 aromatic carbocycles. The van der Waals surface area contributed by atoms with Crippen molar-refractivity contribution in [2.45, 2.75) is 38.0 Å². The van der Waals surface area contributed by atoms with Crippen LogP contribution in [0.5, 0.6) is 0 Å². The summed E-state index contributed by atoms with van der Waals surface area (Å²) in [6.45, 7) is 4.34. The van der Waals surface area contributed by atoms with E-state index in [9.17, 15) is 5.11 Å². The molecule has 1 fully saturated rings. The molecule has 0 radical (unpaired) electrons. The molecule has 0 bridgehead atoms. The number of hydrogen-bond acceptors (Lipinski definition) is 1. The van der Waals surface area contributed by atoms with Gasteiger partial charge >= 0.3 is 0 Å². The Balaban J connectivity index is 2.20. The molecule has 1 N–H and O–H groups in total. The van der Waals surface area contributed by atoms with Gasteiger partial charge in [0.1, 0.15) is 0 Å². The summed E-state index contributed by atoms with van der Waals surface area (Å²) in [5.74, 6) is 0.821. The van der Waals surface area contributed by atoms with Crippen LogP contribution >= 0.6 is 0 Å². The van der Waals surface area contributed by atoms with Crippen LogP contribution in [0.25, 0.3) is 0 Å². The van der Waals surface area contributed by atoms with E-state index in [1.165, 1.54) is 24.0 Å². The summed E-state index contributed by atoms with van der Waals surface area (Å²) in [4.78, 5) is 0. The second-order valence-electron chi connectivity index (χ2n) is 4.94. The van der Waals surface area contributed by atoms with E-state index in [1.807, 2.05) is 0 Å². The van der Waals surface area contributed by atoms with E-state index in [-0.39, 0.29) is 12.0 Å². The van der Waals surface area contributed by atoms with Crippen LogP contribution < -0.4 is 0 Å². The molecule has 76 valence electrons. The van der Waals surface area contributed by atoms with Crippen LogP contribution in [0.15, 0.2) is 24.3 Å². The van der Waals surface area contributed by atoms with Gasteiger partial charge in [-0.3, -0.25) is 0 Å². The fourth-order valence-corrected chi connectivity index (χ4v) is 1.71. The predicted molar refractivity (Wildman–Crippen MR) is 58.5 cm³/mol. The molecule has 0 aromatic heterocycles. The van der Waals surface area contributed by atoms with Crippen molar-refractivity contribution in [1.29, 1.82) is 0 Å². The standard InChI is InChI=1S/C13H18O/c1-13(2,9-14)12-7-5-11(6-8-12)10-3-4-10/h5-8,10,14H,3-4,9H2,1-2H3. The van der Waals surface area contributed by atoms with E-state index in [2.05, 4.69) is 38.1 Å². The minimum absolute atomic E-state index is 0.109. The quantitative estimate of drug-likeness (QED) is 0.777. The summed E-state index contributed by atoms with van der Waals surface area (Å²) in [5.41, 5.74) is 2.58. The maximum Gasteiger partial charge on any atom is 0.0522 e. The molecule has 1 aliphatic carbocycles. The fraction of sp³-hybridized carbons (Fsp3) is 0.538. The molecule has 0 aliphatic heterocycles. The van der Waals surface area contributed by atoms with Gasteiger partial charge in [-0.25, -0.2) is 0 Å². The molecule has 0 spiro atoms. The molecular weight excluding hydrogens is 172 g/mol. The van der Waals surface area contributed by atoms with Crippen molar-refractivity contribution in [2.24, 2.45) is 0 Å². The molecule has 14 heavy (non-hydrogen) atoms. The third kappa shape index (κ3) is 1.83. The number of rotatable bonds is 3. The smallest absolute Gasteiger partial charge is 0.0522 e. The van der Waals surface area contributed by atoms with Gasteiger partial charge in [-0.05, 0) is 29.9 Å². The van der Waals surface area contributed by atoms with Crippen LogP contribution in [-0.2, 0) is 5.41 Å². The molecule has 0 saturated heterocycles. The molecule has 0 unspecified atom stereocenters. The zero-order valence-corrected chi connectivity index (χ0v) is 8.96. The zero-order chi connectivity index (χ0) is 10.2. The first-order chi connectivity index (χ1) is 6.63. The highest BCUT2D eigenvalue weighted by Gasteiger charge is 2.24. The first kappa shape index (κ1) is 9.72. The highest BCUT2D eigenvalue weighted by atomic mass is 16.3. The van der Waals surface area contributed by atoms with E-state index in [0.29, 0.717) is 0 Å². The van der Waals surface area contributed by atoms with Crippen molar-refractivity contribution in [3.05, 3.63) is 35.4 Å². The Morgan fingerprint density at radius 2 is 1.79 bits per heavy atom. The topological polar surface area (TPSA) is 20.2 Å². The highest BCUT2D eigenvalue weighted by Crippen LogP contribution is 2.40. The first-order valence-electron chi connectivity index (χ1n) is 5.35. The largest absolute Gasteiger partial charge is 0.395 e. The van der Waals surface area contributed by atoms with E-state index >= 15 is 0 Å². The maximum atomic E-state index is 9.24. The Bertz CT molecular complexity index is 307. The number of aliphatic hydroxyl groups excluding tert-OH is 1. The van der Waals surface area contributed by atoms with Gasteiger partial charge in [0.25, 0.3) is 0 Å². The average Bonchev–Trinajstić information content (AvgIpc) is 3.01. The first-order valence-corrected chi connectivity index (χ1v) is 5.35. The van der Waals surface area contributed by atoms with E-state index in [0.717, 1.165) is 5.92 Å². The Hall–Kier alpha value is -0.820. The average molecular weight is 190 g/mol. The van der Waals surface area contributed by atoms with Crippen LogP contribution in [0, 0.1) is 0 Å². The summed E-state index contributed by atoms with van der Waals surface area (Å²) in [6.07, 6.45) is 2.70. The van der Waals surface area contributed by atoms with Crippen LogP contribution in [-0.4, -0.2) is 11.7 Å². The SMILES string of the molecule is CC(C)(CO)c1ccc(C2CC2)cc1. The van der Waals surface area contributed by atoms with E-state index in [1.54, 1.807) is 0 Å². The Kier molecular flexibility index (Phi) is 2.36. The summed E-state index contributed by atoms with van der Waals surface area (Å²) < 4.78 is 0. The second kappa shape index (κ2) is 3.39. The predicted octanol–water partition coefficient (Wildman–Crippen LogP) is 2.83. The summed E-state index contributed by atoms with van der Waals surface area (Å²) in [7, 11) is 0. The van der Waals surface area contributed by atoms with Crippen LogP contribution in [0.2, 0.25) is 0 Å². The molecule has 2 rings (SSSR count). The van der Waals surface area contributed by atoms with Crippen molar-refractivity contribution in [2.75, 3.05) is 6.61 Å². The molecular formula is C13H18O. The maximum absolute atomic E-state index is 9.24. The van der Waals surface area contributed by atoms with Crippen LogP contribution in [0.1, 0.15) is 43.7 Å². The molecule has 0 atom stereocenters. The number of benzene rings is 1. The van der Waals surface area contributed by atoms with Crippen molar-refractivity contribution < 1.29 is 5.11 Å². The minimum atomic E-state index is -0.109. The number of hydrogen-bond donors (Lipinski definition) is 1. The van der Waals surface area contributed by atoms with Gasteiger partial charge in [0.05, 0.1) is 6.61 Å². The monoisotopic (exact) mass is 190 g/mol. The lowest BCUT2D eigenvalue weighted by atomic mass is 9.85. The molecule has 1 nitrogen and oxygen atoms in total. The van der Waals surface area contributed by atoms with Crippen molar-refractivity contribution >= 4 is 0 Å². The summed E-state index contributed by atoms with van der Waals surface area (Å²) in [5, 5.41) is 9.24. The van der Waals surface area contributed by atoms with Gasteiger partial charge in [0, 0.05) is 5.41 Å². The van der Waals surface area contributed by atoms with E-state index in [4.69, 9.17) is 0 Å². The van der Waals surface area contributed by atoms with E-state index < -0.39 is 0 Å². The minimum Gasteiger partial charge on any atom is -0.395 e. The van der Waals surface area contributed by atoms with Crippen molar-refractivity contribution in [3.63, 3.8) is 0 Å². The van der Waals surface area contributed by atoms with Gasteiger partial charge in [-0.2, -0.15) is 0 Å². The van der Waals surface area contributed by atoms with Gasteiger partial charge in [-0.1, -0.05) is 38.1 Å². The Morgan fingerprint density at radius 3 is 2.21 bits per heavy atom. The van der Waals surface area contributed by atoms with Crippen molar-refractivity contribution in [3.8, 4) is 0 Å². The number of aliphatic hydroxyl groups is 1. The lowest BCUT2D eigenvalue weighted by molar-refractivity contribution is 0.218. The van der Waals surface area contributed by atoms with Gasteiger partial charge < -0.3 is 5.11 Å². The van der Waals surface area contributed by atoms with Crippen LogP contribution in [0.4, 0.5) is 0 Å². The fourth-order valence-electron chi connectivity index (χ4n) is 1.71. The lowest BCUT2D eigenvalue weighted by Gasteiger charge is -2.22. The second-order valence-corrected chi connectivity index (χ2v) is 4.94. The zero-order valence-electron chi connectivity index (χ0n) is 8.96. The molecule has 1 heteroatoms. The molecule has 1 aliphatic rings. The highest BCUT2D eigenvalue weighted by molar-refractivity contribution is 5.31. The Morgan fingerprint density at radius 1 is 1.21 bits per heavy atom. The normalized spacial score (nSPS) is 17.1. The molecule has 0 amide bonds. The third-order valence-corrected chi connectivity index (χ3v) is 3.14. The molecule has 1 saturated carbocycles. The van der Waals surface area contributed by atoms with Crippen LogP contribution in [0.3, 0.4) is 0 Å². The van der Waals surface area contributed by atoms with Gasteiger partial charge in [0.15, 0.2) is 0 Å².